The maximum Gasteiger partial charge on any atom is 0.253 e. The lowest BCUT2D eigenvalue weighted by molar-refractivity contribution is 0.0933. The van der Waals surface area contributed by atoms with Gasteiger partial charge in [-0.05, 0) is 61.4 Å². The Labute approximate surface area is 178 Å². The van der Waals surface area contributed by atoms with E-state index in [-0.39, 0.29) is 16.8 Å². The van der Waals surface area contributed by atoms with Crippen molar-refractivity contribution in [2.75, 3.05) is 32.1 Å². The van der Waals surface area contributed by atoms with Crippen LogP contribution >= 0.6 is 0 Å². The topological polar surface area (TPSA) is 69.7 Å². The van der Waals surface area contributed by atoms with Crippen LogP contribution in [0.5, 0.6) is 0 Å². The van der Waals surface area contributed by atoms with Crippen molar-refractivity contribution in [2.45, 2.75) is 43.0 Å². The lowest BCUT2D eigenvalue weighted by Crippen LogP contribution is -2.33. The van der Waals surface area contributed by atoms with Gasteiger partial charge in [-0.25, -0.2) is 12.7 Å². The number of benzene rings is 2. The van der Waals surface area contributed by atoms with E-state index in [4.69, 9.17) is 0 Å². The van der Waals surface area contributed by atoms with Crippen LogP contribution in [0, 0.1) is 0 Å². The number of nitrogens with one attached hydrogen (secondary N) is 1. The van der Waals surface area contributed by atoms with Crippen LogP contribution in [0.25, 0.3) is 0 Å². The van der Waals surface area contributed by atoms with Crippen LogP contribution in [0.3, 0.4) is 0 Å². The van der Waals surface area contributed by atoms with Crippen molar-refractivity contribution < 1.29 is 13.2 Å². The summed E-state index contributed by atoms with van der Waals surface area (Å²) in [6.07, 6.45) is 5.09. The zero-order valence-corrected chi connectivity index (χ0v) is 18.4. The van der Waals surface area contributed by atoms with Crippen molar-refractivity contribution in [3.8, 4) is 0 Å². The fraction of sp³-hybridized carbons (Fsp3) is 0.435. The molecule has 0 saturated carbocycles. The summed E-state index contributed by atoms with van der Waals surface area (Å²) >= 11 is 0. The summed E-state index contributed by atoms with van der Waals surface area (Å²) in [5, 5.41) is 3.19. The molecule has 0 radical (unpaired) electrons. The minimum atomic E-state index is -3.62. The lowest BCUT2D eigenvalue weighted by atomic mass is 9.87. The van der Waals surface area contributed by atoms with Gasteiger partial charge in [0.1, 0.15) is 0 Å². The summed E-state index contributed by atoms with van der Waals surface area (Å²) in [5.74, 6) is -0.214. The zero-order valence-electron chi connectivity index (χ0n) is 17.6. The number of sulfonamides is 1. The Balaban J connectivity index is 1.70. The van der Waals surface area contributed by atoms with E-state index in [1.165, 1.54) is 30.0 Å². The number of anilines is 1. The molecule has 1 aliphatic heterocycles. The minimum absolute atomic E-state index is 0.0528. The molecule has 2 aromatic rings. The molecule has 0 spiro atoms. The van der Waals surface area contributed by atoms with Gasteiger partial charge in [0, 0.05) is 32.9 Å². The average Bonchev–Trinajstić information content (AvgIpc) is 3.28. The van der Waals surface area contributed by atoms with Gasteiger partial charge in [-0.15, -0.1) is 0 Å². The van der Waals surface area contributed by atoms with Crippen molar-refractivity contribution in [2.24, 2.45) is 0 Å². The van der Waals surface area contributed by atoms with E-state index in [0.717, 1.165) is 56.4 Å². The summed E-state index contributed by atoms with van der Waals surface area (Å²) in [4.78, 5) is 15.7. The monoisotopic (exact) mass is 427 g/mol. The smallest absolute Gasteiger partial charge is 0.253 e. The number of hydrogen-bond donors (Lipinski definition) is 1. The Kier molecular flexibility index (Phi) is 5.84. The number of hydrogen-bond acceptors (Lipinski definition) is 4. The normalized spacial score (nSPS) is 19.0. The first-order chi connectivity index (χ1) is 14.4. The van der Waals surface area contributed by atoms with Crippen molar-refractivity contribution >= 4 is 21.6 Å². The Bertz CT molecular complexity index is 1040. The number of amides is 1. The molecule has 1 N–H and O–H groups in total. The first-order valence-electron chi connectivity index (χ1n) is 10.6. The molecule has 0 aromatic heterocycles. The first-order valence-corrected chi connectivity index (χ1v) is 12.0. The summed E-state index contributed by atoms with van der Waals surface area (Å²) in [6, 6.07) is 13.1. The molecule has 4 rings (SSSR count). The molecule has 1 atom stereocenters. The average molecular weight is 428 g/mol. The van der Waals surface area contributed by atoms with E-state index in [2.05, 4.69) is 22.3 Å². The maximum atomic E-state index is 13.4. The largest absolute Gasteiger partial charge is 0.371 e. The second-order valence-corrected chi connectivity index (χ2v) is 10.4. The van der Waals surface area contributed by atoms with Crippen LogP contribution in [-0.4, -0.2) is 45.8 Å². The highest BCUT2D eigenvalue weighted by Crippen LogP contribution is 2.32. The molecule has 1 aliphatic carbocycles. The molecule has 1 heterocycles. The SMILES string of the molecule is CN(C)S(=O)(=O)c1ccc(N2CCCC2)c(C(=O)N[C@H]2CCCc3ccccc32)c1. The molecule has 30 heavy (non-hydrogen) atoms. The van der Waals surface area contributed by atoms with Gasteiger partial charge in [0.2, 0.25) is 10.0 Å². The van der Waals surface area contributed by atoms with Gasteiger partial charge in [-0.3, -0.25) is 4.79 Å². The Hall–Kier alpha value is -2.38. The van der Waals surface area contributed by atoms with Crippen LogP contribution in [0.4, 0.5) is 5.69 Å². The van der Waals surface area contributed by atoms with Crippen LogP contribution in [0.1, 0.15) is 53.2 Å². The second kappa shape index (κ2) is 8.40. The van der Waals surface area contributed by atoms with Crippen molar-refractivity contribution in [3.63, 3.8) is 0 Å². The Morgan fingerprint density at radius 1 is 1.07 bits per heavy atom. The standard InChI is InChI=1S/C23H29N3O3S/c1-25(2)30(28,29)18-12-13-22(26-14-5-6-15-26)20(16-18)23(27)24-21-11-7-9-17-8-3-4-10-19(17)21/h3-4,8,10,12-13,16,21H,5-7,9,11,14-15H2,1-2H3,(H,24,27)/t21-/m0/s1. The van der Waals surface area contributed by atoms with E-state index in [0.29, 0.717) is 5.56 Å². The molecular formula is C23H29N3O3S. The molecule has 2 aromatic carbocycles. The summed E-state index contributed by atoms with van der Waals surface area (Å²) in [5.41, 5.74) is 3.68. The van der Waals surface area contributed by atoms with E-state index >= 15 is 0 Å². The molecule has 0 unspecified atom stereocenters. The molecule has 1 amide bonds. The summed E-state index contributed by atoms with van der Waals surface area (Å²) < 4.78 is 26.5. The lowest BCUT2D eigenvalue weighted by Gasteiger charge is -2.28. The van der Waals surface area contributed by atoms with Crippen LogP contribution < -0.4 is 10.2 Å². The zero-order chi connectivity index (χ0) is 21.3. The van der Waals surface area contributed by atoms with E-state index in [9.17, 15) is 13.2 Å². The highest BCUT2D eigenvalue weighted by molar-refractivity contribution is 7.89. The Morgan fingerprint density at radius 3 is 2.53 bits per heavy atom. The molecule has 1 fully saturated rings. The first kappa shape index (κ1) is 20.9. The van der Waals surface area contributed by atoms with Gasteiger partial charge in [0.15, 0.2) is 0 Å². The van der Waals surface area contributed by atoms with Crippen LogP contribution in [0.15, 0.2) is 47.4 Å². The van der Waals surface area contributed by atoms with Crippen molar-refractivity contribution in [1.82, 2.24) is 9.62 Å². The molecule has 160 valence electrons. The number of rotatable bonds is 5. The Morgan fingerprint density at radius 2 is 1.80 bits per heavy atom. The van der Waals surface area contributed by atoms with Gasteiger partial charge >= 0.3 is 0 Å². The van der Waals surface area contributed by atoms with E-state index in [1.807, 2.05) is 12.1 Å². The quantitative estimate of drug-likeness (QED) is 0.795. The number of nitrogens with zero attached hydrogens (tertiary/aromatic N) is 2. The number of aryl methyl sites for hydroxylation is 1. The third kappa shape index (κ3) is 3.96. The van der Waals surface area contributed by atoms with Gasteiger partial charge in [-0.2, -0.15) is 0 Å². The molecule has 7 heteroatoms. The molecule has 2 aliphatic rings. The fourth-order valence-electron chi connectivity index (χ4n) is 4.44. The van der Waals surface area contributed by atoms with Gasteiger partial charge < -0.3 is 10.2 Å². The molecule has 6 nitrogen and oxygen atoms in total. The fourth-order valence-corrected chi connectivity index (χ4v) is 5.37. The summed E-state index contributed by atoms with van der Waals surface area (Å²) in [7, 11) is -0.615. The van der Waals surface area contributed by atoms with Crippen molar-refractivity contribution in [1.29, 1.82) is 0 Å². The predicted molar refractivity (Wildman–Crippen MR) is 118 cm³/mol. The molecular weight excluding hydrogens is 398 g/mol. The maximum absolute atomic E-state index is 13.4. The van der Waals surface area contributed by atoms with Crippen molar-refractivity contribution in [3.05, 3.63) is 59.2 Å². The highest BCUT2D eigenvalue weighted by atomic mass is 32.2. The van der Waals surface area contributed by atoms with Crippen LogP contribution in [0.2, 0.25) is 0 Å². The third-order valence-corrected chi connectivity index (χ3v) is 7.92. The summed E-state index contributed by atoms with van der Waals surface area (Å²) in [6.45, 7) is 1.76. The minimum Gasteiger partial charge on any atom is -0.371 e. The number of carbonyl (C=O) groups excluding carboxylic acids is 1. The van der Waals surface area contributed by atoms with E-state index in [1.54, 1.807) is 12.1 Å². The number of fused-ring (bicyclic) bond motifs is 1. The van der Waals surface area contributed by atoms with Gasteiger partial charge in [-0.1, -0.05) is 24.3 Å². The van der Waals surface area contributed by atoms with E-state index < -0.39 is 10.0 Å². The second-order valence-electron chi connectivity index (χ2n) is 8.28. The molecule has 1 saturated heterocycles. The van der Waals surface area contributed by atoms with Crippen LogP contribution in [-0.2, 0) is 16.4 Å². The highest BCUT2D eigenvalue weighted by Gasteiger charge is 2.27. The number of carbonyl (C=O) groups is 1. The predicted octanol–water partition coefficient (Wildman–Crippen LogP) is 3.34. The van der Waals surface area contributed by atoms with Gasteiger partial charge in [0.25, 0.3) is 5.91 Å². The molecule has 0 bridgehead atoms. The third-order valence-electron chi connectivity index (χ3n) is 6.11. The van der Waals surface area contributed by atoms with Gasteiger partial charge in [0.05, 0.1) is 16.5 Å².